The first-order valence-corrected chi connectivity index (χ1v) is 7.45. The molecular formula is C15H23ClN2O. The Kier molecular flexibility index (Phi) is 5.64. The van der Waals surface area contributed by atoms with E-state index in [1.165, 1.54) is 5.56 Å². The average molecular weight is 283 g/mol. The van der Waals surface area contributed by atoms with E-state index in [9.17, 15) is 0 Å². The Balaban J connectivity index is 2.12. The molecule has 4 heteroatoms. The lowest BCUT2D eigenvalue weighted by Crippen LogP contribution is -2.48. The van der Waals surface area contributed by atoms with Crippen LogP contribution in [0.4, 0.5) is 0 Å². The molecule has 19 heavy (non-hydrogen) atoms. The van der Waals surface area contributed by atoms with Crippen LogP contribution in [0.5, 0.6) is 0 Å². The minimum absolute atomic E-state index is 0.204. The molecular weight excluding hydrogens is 260 g/mol. The van der Waals surface area contributed by atoms with Gasteiger partial charge in [-0.3, -0.25) is 4.90 Å². The van der Waals surface area contributed by atoms with Gasteiger partial charge in [0.1, 0.15) is 0 Å². The second-order valence-electron chi connectivity index (χ2n) is 4.89. The third-order valence-corrected chi connectivity index (χ3v) is 3.90. The summed E-state index contributed by atoms with van der Waals surface area (Å²) in [5, 5.41) is 4.31. The van der Waals surface area contributed by atoms with E-state index in [-0.39, 0.29) is 12.1 Å². The second-order valence-corrected chi connectivity index (χ2v) is 5.33. The fourth-order valence-electron chi connectivity index (χ4n) is 2.57. The number of likely N-dealkylation sites (N-methyl/N-ethyl adjacent to an activating group) is 2. The predicted octanol–water partition coefficient (Wildman–Crippen LogP) is 2.71. The summed E-state index contributed by atoms with van der Waals surface area (Å²) >= 11 is 5.96. The van der Waals surface area contributed by atoms with Crippen molar-refractivity contribution in [2.24, 2.45) is 0 Å². The molecule has 0 spiro atoms. The van der Waals surface area contributed by atoms with Crippen molar-refractivity contribution >= 4 is 11.6 Å². The van der Waals surface area contributed by atoms with Gasteiger partial charge in [0.05, 0.1) is 18.8 Å². The largest absolute Gasteiger partial charge is 0.374 e. The third kappa shape index (κ3) is 3.93. The van der Waals surface area contributed by atoms with Crippen LogP contribution in [0.2, 0.25) is 5.02 Å². The molecule has 106 valence electrons. The molecule has 3 nitrogen and oxygen atoms in total. The van der Waals surface area contributed by atoms with Crippen molar-refractivity contribution in [3.05, 3.63) is 34.9 Å². The number of ether oxygens (including phenoxy) is 1. The Labute approximate surface area is 120 Å². The molecule has 1 N–H and O–H groups in total. The Morgan fingerprint density at radius 3 is 2.74 bits per heavy atom. The zero-order valence-electron chi connectivity index (χ0n) is 11.7. The number of hydrogen-bond acceptors (Lipinski definition) is 3. The fourth-order valence-corrected chi connectivity index (χ4v) is 2.70. The highest BCUT2D eigenvalue weighted by molar-refractivity contribution is 6.30. The van der Waals surface area contributed by atoms with Crippen LogP contribution >= 0.6 is 11.6 Å². The van der Waals surface area contributed by atoms with Crippen molar-refractivity contribution in [1.29, 1.82) is 0 Å². The summed E-state index contributed by atoms with van der Waals surface area (Å²) in [4.78, 5) is 2.44. The lowest BCUT2D eigenvalue weighted by Gasteiger charge is -2.37. The van der Waals surface area contributed by atoms with Gasteiger partial charge in [-0.15, -0.1) is 0 Å². The van der Waals surface area contributed by atoms with Crippen molar-refractivity contribution in [2.75, 3.05) is 32.8 Å². The van der Waals surface area contributed by atoms with Crippen LogP contribution in [-0.2, 0) is 4.74 Å². The van der Waals surface area contributed by atoms with Crippen molar-refractivity contribution in [3.8, 4) is 0 Å². The molecule has 1 heterocycles. The fraction of sp³-hybridized carbons (Fsp3) is 0.600. The lowest BCUT2D eigenvalue weighted by atomic mass is 10.00. The zero-order chi connectivity index (χ0) is 13.7. The van der Waals surface area contributed by atoms with Crippen LogP contribution in [0.25, 0.3) is 0 Å². The quantitative estimate of drug-likeness (QED) is 0.899. The maximum atomic E-state index is 5.97. The highest BCUT2D eigenvalue weighted by Crippen LogP contribution is 2.23. The van der Waals surface area contributed by atoms with Crippen LogP contribution in [0, 0.1) is 0 Å². The first kappa shape index (κ1) is 14.8. The molecule has 1 aliphatic rings. The summed E-state index contributed by atoms with van der Waals surface area (Å²) < 4.78 is 5.97. The molecule has 1 fully saturated rings. The molecule has 1 aliphatic heterocycles. The highest BCUT2D eigenvalue weighted by atomic mass is 35.5. The Morgan fingerprint density at radius 2 is 2.11 bits per heavy atom. The first-order valence-electron chi connectivity index (χ1n) is 7.07. The maximum Gasteiger partial charge on any atom is 0.0896 e. The number of morpholine rings is 1. The first-order chi connectivity index (χ1) is 9.24. The van der Waals surface area contributed by atoms with Gasteiger partial charge in [-0.25, -0.2) is 0 Å². The van der Waals surface area contributed by atoms with Gasteiger partial charge in [-0.1, -0.05) is 37.6 Å². The van der Waals surface area contributed by atoms with Gasteiger partial charge in [-0.05, 0) is 30.8 Å². The molecule has 0 bridgehead atoms. The molecule has 2 atom stereocenters. The number of benzene rings is 1. The van der Waals surface area contributed by atoms with E-state index in [0.29, 0.717) is 0 Å². The zero-order valence-corrected chi connectivity index (χ0v) is 12.5. The molecule has 0 amide bonds. The van der Waals surface area contributed by atoms with E-state index in [0.717, 1.165) is 37.8 Å². The van der Waals surface area contributed by atoms with E-state index in [1.807, 2.05) is 12.1 Å². The van der Waals surface area contributed by atoms with Crippen molar-refractivity contribution in [1.82, 2.24) is 10.2 Å². The van der Waals surface area contributed by atoms with E-state index < -0.39 is 0 Å². The van der Waals surface area contributed by atoms with E-state index in [4.69, 9.17) is 16.3 Å². The van der Waals surface area contributed by atoms with Gasteiger partial charge in [0, 0.05) is 18.1 Å². The normalized spacial score (nSPS) is 22.4. The maximum absolute atomic E-state index is 5.97. The van der Waals surface area contributed by atoms with Crippen LogP contribution in [0.15, 0.2) is 24.3 Å². The average Bonchev–Trinajstić information content (AvgIpc) is 2.46. The third-order valence-electron chi connectivity index (χ3n) is 3.65. The van der Waals surface area contributed by atoms with Gasteiger partial charge in [0.25, 0.3) is 0 Å². The highest BCUT2D eigenvalue weighted by Gasteiger charge is 2.28. The molecule has 0 aromatic heterocycles. The molecule has 1 saturated heterocycles. The molecule has 1 aromatic carbocycles. The van der Waals surface area contributed by atoms with E-state index in [1.54, 1.807) is 0 Å². The van der Waals surface area contributed by atoms with Crippen LogP contribution in [0.3, 0.4) is 0 Å². The van der Waals surface area contributed by atoms with Gasteiger partial charge < -0.3 is 10.1 Å². The molecule has 0 radical (unpaired) electrons. The summed E-state index contributed by atoms with van der Waals surface area (Å²) in [5.41, 5.74) is 1.24. The predicted molar refractivity (Wildman–Crippen MR) is 79.7 cm³/mol. The topological polar surface area (TPSA) is 24.5 Å². The summed E-state index contributed by atoms with van der Waals surface area (Å²) in [6.45, 7) is 9.17. The number of halogens is 1. The minimum atomic E-state index is 0.204. The smallest absolute Gasteiger partial charge is 0.0896 e. The molecule has 1 aromatic rings. The van der Waals surface area contributed by atoms with Crippen molar-refractivity contribution < 1.29 is 4.74 Å². The van der Waals surface area contributed by atoms with E-state index >= 15 is 0 Å². The summed E-state index contributed by atoms with van der Waals surface area (Å²) in [5.74, 6) is 0. The lowest BCUT2D eigenvalue weighted by molar-refractivity contribution is -0.0453. The SMILES string of the molecule is CCNC(c1ccc(Cl)cc1)C1CN(CC)CCO1. The summed E-state index contributed by atoms with van der Waals surface area (Å²) in [6.07, 6.45) is 0.204. The van der Waals surface area contributed by atoms with Gasteiger partial charge in [-0.2, -0.15) is 0 Å². The van der Waals surface area contributed by atoms with E-state index in [2.05, 4.69) is 36.2 Å². The van der Waals surface area contributed by atoms with Gasteiger partial charge in [0.15, 0.2) is 0 Å². The van der Waals surface area contributed by atoms with Crippen molar-refractivity contribution in [3.63, 3.8) is 0 Å². The van der Waals surface area contributed by atoms with Crippen LogP contribution in [0.1, 0.15) is 25.5 Å². The summed E-state index contributed by atoms with van der Waals surface area (Å²) in [6, 6.07) is 8.30. The van der Waals surface area contributed by atoms with Crippen LogP contribution in [-0.4, -0.2) is 43.8 Å². The summed E-state index contributed by atoms with van der Waals surface area (Å²) in [7, 11) is 0. The van der Waals surface area contributed by atoms with Crippen LogP contribution < -0.4 is 5.32 Å². The van der Waals surface area contributed by atoms with Gasteiger partial charge in [0.2, 0.25) is 0 Å². The Bertz CT molecular complexity index is 382. The Morgan fingerprint density at radius 1 is 1.37 bits per heavy atom. The number of hydrogen-bond donors (Lipinski definition) is 1. The van der Waals surface area contributed by atoms with Crippen molar-refractivity contribution in [2.45, 2.75) is 26.0 Å². The minimum Gasteiger partial charge on any atom is -0.374 e. The molecule has 0 aliphatic carbocycles. The Hall–Kier alpha value is -0.610. The monoisotopic (exact) mass is 282 g/mol. The second kappa shape index (κ2) is 7.25. The number of nitrogens with one attached hydrogen (secondary N) is 1. The molecule has 2 rings (SSSR count). The standard InChI is InChI=1S/C15H23ClN2O/c1-3-17-15(12-5-7-13(16)8-6-12)14-11-18(4-2)9-10-19-14/h5-8,14-15,17H,3-4,9-11H2,1-2H3. The van der Waals surface area contributed by atoms with Gasteiger partial charge >= 0.3 is 0 Å². The molecule has 2 unspecified atom stereocenters. The number of rotatable bonds is 5. The number of nitrogens with zero attached hydrogens (tertiary/aromatic N) is 1. The molecule has 0 saturated carbocycles.